The van der Waals surface area contributed by atoms with Crippen molar-refractivity contribution in [2.24, 2.45) is 0 Å². The van der Waals surface area contributed by atoms with Crippen LogP contribution in [-0.4, -0.2) is 23.7 Å². The van der Waals surface area contributed by atoms with Crippen LogP contribution in [0.3, 0.4) is 0 Å². The van der Waals surface area contributed by atoms with Crippen LogP contribution in [0.2, 0.25) is 0 Å². The molecule has 6 heterocycles. The van der Waals surface area contributed by atoms with Crippen LogP contribution in [0, 0.1) is 0 Å². The molecular formula is C65H39N5O. The van der Waals surface area contributed by atoms with E-state index in [4.69, 9.17) is 14.7 Å². The monoisotopic (exact) mass is 905 g/mol. The molecule has 1 atom stereocenters. The summed E-state index contributed by atoms with van der Waals surface area (Å²) in [6.07, 6.45) is 3.92. The first kappa shape index (κ1) is 38.4. The number of fused-ring (bicyclic) bond motifs is 18. The number of rotatable bonds is 4. The second-order valence-electron chi connectivity index (χ2n) is 18.9. The second kappa shape index (κ2) is 14.3. The molecule has 1 aliphatic heterocycles. The van der Waals surface area contributed by atoms with Gasteiger partial charge in [-0.1, -0.05) is 133 Å². The molecule has 0 bridgehead atoms. The zero-order valence-electron chi connectivity index (χ0n) is 38.2. The lowest BCUT2D eigenvalue weighted by Gasteiger charge is -2.39. The van der Waals surface area contributed by atoms with E-state index in [1.165, 1.54) is 43.4 Å². The summed E-state index contributed by atoms with van der Waals surface area (Å²) in [7, 11) is 0. The van der Waals surface area contributed by atoms with Gasteiger partial charge in [-0.15, -0.1) is 0 Å². The van der Waals surface area contributed by atoms with E-state index in [2.05, 4.69) is 238 Å². The minimum absolute atomic E-state index is 0.796. The molecule has 6 heteroatoms. The summed E-state index contributed by atoms with van der Waals surface area (Å²) in [5.74, 6) is 1.59. The average molecular weight is 906 g/mol. The van der Waals surface area contributed by atoms with Gasteiger partial charge < -0.3 is 18.4 Å². The zero-order chi connectivity index (χ0) is 46.4. The van der Waals surface area contributed by atoms with E-state index in [0.717, 1.165) is 95.4 Å². The number of hydrogen-bond donors (Lipinski definition) is 0. The number of hydrogen-bond acceptors (Lipinski definition) is 3. The molecule has 1 aliphatic carbocycles. The van der Waals surface area contributed by atoms with Crippen molar-refractivity contribution in [2.45, 2.75) is 5.41 Å². The van der Waals surface area contributed by atoms with Crippen molar-refractivity contribution < 1.29 is 4.74 Å². The summed E-state index contributed by atoms with van der Waals surface area (Å²) in [6, 6.07) is 81.2. The number of para-hydroxylation sites is 6. The topological polar surface area (TPSA) is 49.8 Å². The molecule has 0 fully saturated rings. The van der Waals surface area contributed by atoms with Gasteiger partial charge in [-0.25, -0.2) is 0 Å². The van der Waals surface area contributed by atoms with Gasteiger partial charge in [-0.2, -0.15) is 0 Å². The highest BCUT2D eigenvalue weighted by Gasteiger charge is 2.53. The fourth-order valence-electron chi connectivity index (χ4n) is 12.5. The molecule has 0 radical (unpaired) electrons. The third-order valence-electron chi connectivity index (χ3n) is 15.4. The molecule has 71 heavy (non-hydrogen) atoms. The number of aromatic nitrogens is 5. The fraction of sp³-hybridized carbons (Fsp3) is 0.0154. The van der Waals surface area contributed by atoms with E-state index in [1.54, 1.807) is 0 Å². The van der Waals surface area contributed by atoms with Gasteiger partial charge in [0.25, 0.3) is 0 Å². The Morgan fingerprint density at radius 2 is 0.831 bits per heavy atom. The Hall–Kier alpha value is -9.52. The van der Waals surface area contributed by atoms with Gasteiger partial charge >= 0.3 is 0 Å². The van der Waals surface area contributed by atoms with Crippen LogP contribution in [0.25, 0.3) is 105 Å². The van der Waals surface area contributed by atoms with Gasteiger partial charge in [-0.05, 0) is 102 Å². The molecule has 0 saturated carbocycles. The predicted octanol–water partition coefficient (Wildman–Crippen LogP) is 15.9. The van der Waals surface area contributed by atoms with Crippen molar-refractivity contribution in [2.75, 3.05) is 0 Å². The Bertz CT molecular complexity index is 4470. The first-order valence-electron chi connectivity index (χ1n) is 24.2. The first-order valence-corrected chi connectivity index (χ1v) is 24.2. The predicted molar refractivity (Wildman–Crippen MR) is 288 cm³/mol. The van der Waals surface area contributed by atoms with E-state index in [0.29, 0.717) is 0 Å². The highest BCUT2D eigenvalue weighted by Crippen LogP contribution is 2.62. The SMILES string of the molecule is c1ccc(-n2c3ccccc3c3cc(-c4ccc5c(c4)C4(c6ccc(-n7c8ccccc8c8ccccc87)cc6O5)c5cccnc5-c5ncc(-n6c7ccccc7c7ccccc76)cc54)ccc32)cc1. The maximum Gasteiger partial charge on any atom is 0.134 e. The van der Waals surface area contributed by atoms with Crippen molar-refractivity contribution in [3.05, 3.63) is 259 Å². The molecule has 14 aromatic rings. The van der Waals surface area contributed by atoms with Crippen LogP contribution in [0.1, 0.15) is 22.3 Å². The maximum absolute atomic E-state index is 7.28. The molecule has 2 aliphatic rings. The van der Waals surface area contributed by atoms with Gasteiger partial charge in [0.2, 0.25) is 0 Å². The van der Waals surface area contributed by atoms with Crippen LogP contribution >= 0.6 is 0 Å². The van der Waals surface area contributed by atoms with Crippen molar-refractivity contribution >= 4 is 65.4 Å². The van der Waals surface area contributed by atoms with Gasteiger partial charge in [0.15, 0.2) is 0 Å². The van der Waals surface area contributed by atoms with Gasteiger partial charge in [0.1, 0.15) is 11.5 Å². The lowest BCUT2D eigenvalue weighted by atomic mass is 9.66. The average Bonchev–Trinajstić information content (AvgIpc) is 4.15. The van der Waals surface area contributed by atoms with Crippen LogP contribution < -0.4 is 4.74 Å². The number of ether oxygens (including phenoxy) is 1. The summed E-state index contributed by atoms with van der Waals surface area (Å²) in [4.78, 5) is 10.6. The van der Waals surface area contributed by atoms with E-state index in [9.17, 15) is 0 Å². The van der Waals surface area contributed by atoms with Crippen molar-refractivity contribution in [1.82, 2.24) is 23.7 Å². The Morgan fingerprint density at radius 1 is 0.310 bits per heavy atom. The van der Waals surface area contributed by atoms with Gasteiger partial charge in [0.05, 0.1) is 61.8 Å². The van der Waals surface area contributed by atoms with Crippen molar-refractivity contribution in [3.63, 3.8) is 0 Å². The molecule has 9 aromatic carbocycles. The van der Waals surface area contributed by atoms with Gasteiger partial charge in [-0.3, -0.25) is 9.97 Å². The molecule has 5 aromatic heterocycles. The van der Waals surface area contributed by atoms with Crippen molar-refractivity contribution in [1.29, 1.82) is 0 Å². The molecule has 0 saturated heterocycles. The number of nitrogens with zero attached hydrogens (tertiary/aromatic N) is 5. The van der Waals surface area contributed by atoms with Crippen molar-refractivity contribution in [3.8, 4) is 51.1 Å². The zero-order valence-corrected chi connectivity index (χ0v) is 38.2. The standard InChI is InChI=1S/C65H39N5O/c1-2-15-42(16-3-1)68-59-27-13-8-21-49(59)50-35-40(28-32-60(50)68)41-29-33-61-53(36-41)65(51-31-30-43(38-62(51)71-61)69-55-23-9-4-17-45(55)46-18-5-10-24-56(46)69)52-22-14-34-66-63(52)64-54(65)37-44(39-67-64)70-57-25-11-6-19-47(57)48-20-7-12-26-58(48)70/h1-39H. The third-order valence-corrected chi connectivity index (χ3v) is 15.4. The number of pyridine rings is 2. The lowest BCUT2D eigenvalue weighted by Crippen LogP contribution is -2.32. The Morgan fingerprint density at radius 3 is 1.48 bits per heavy atom. The van der Waals surface area contributed by atoms with Crippen LogP contribution in [0.4, 0.5) is 0 Å². The molecule has 1 unspecified atom stereocenters. The highest BCUT2D eigenvalue weighted by atomic mass is 16.5. The Balaban J connectivity index is 0.970. The molecule has 0 N–H and O–H groups in total. The minimum atomic E-state index is -0.855. The molecule has 6 nitrogen and oxygen atoms in total. The molecule has 1 spiro atoms. The molecular weight excluding hydrogens is 867 g/mol. The summed E-state index contributed by atoms with van der Waals surface area (Å²) < 4.78 is 14.4. The van der Waals surface area contributed by atoms with E-state index in [-0.39, 0.29) is 0 Å². The first-order chi connectivity index (χ1) is 35.2. The highest BCUT2D eigenvalue weighted by molar-refractivity contribution is 6.12. The normalized spacial score (nSPS) is 14.6. The van der Waals surface area contributed by atoms with E-state index < -0.39 is 5.41 Å². The van der Waals surface area contributed by atoms with Gasteiger partial charge in [0, 0.05) is 72.6 Å². The fourth-order valence-corrected chi connectivity index (χ4v) is 12.5. The molecule has 16 rings (SSSR count). The smallest absolute Gasteiger partial charge is 0.134 e. The van der Waals surface area contributed by atoms with E-state index >= 15 is 0 Å². The summed E-state index contributed by atoms with van der Waals surface area (Å²) >= 11 is 0. The van der Waals surface area contributed by atoms with E-state index in [1.807, 2.05) is 12.4 Å². The summed E-state index contributed by atoms with van der Waals surface area (Å²) in [5.41, 5.74) is 17.4. The Kier molecular flexibility index (Phi) is 7.72. The molecule has 330 valence electrons. The van der Waals surface area contributed by atoms with Crippen LogP contribution in [0.5, 0.6) is 11.5 Å². The quantitative estimate of drug-likeness (QED) is 0.177. The minimum Gasteiger partial charge on any atom is -0.457 e. The third kappa shape index (κ3) is 5.15. The molecule has 0 amide bonds. The lowest BCUT2D eigenvalue weighted by molar-refractivity contribution is 0.436. The van der Waals surface area contributed by atoms with Crippen LogP contribution in [0.15, 0.2) is 237 Å². The summed E-state index contributed by atoms with van der Waals surface area (Å²) in [5, 5.41) is 7.26. The Labute approximate surface area is 407 Å². The summed E-state index contributed by atoms with van der Waals surface area (Å²) in [6.45, 7) is 0. The second-order valence-corrected chi connectivity index (χ2v) is 18.9. The number of benzene rings is 9. The maximum atomic E-state index is 7.28. The van der Waals surface area contributed by atoms with Crippen LogP contribution in [-0.2, 0) is 5.41 Å². The largest absolute Gasteiger partial charge is 0.457 e.